The largest absolute Gasteiger partial charge is 0.338 e. The zero-order valence-corrected chi connectivity index (χ0v) is 11.8. The first kappa shape index (κ1) is 15.5. The van der Waals surface area contributed by atoms with Gasteiger partial charge in [-0.25, -0.2) is 9.18 Å². The van der Waals surface area contributed by atoms with E-state index in [0.29, 0.717) is 18.5 Å². The fraction of sp³-hybridized carbons (Fsp3) is 0.533. The highest BCUT2D eigenvalue weighted by Crippen LogP contribution is 2.06. The van der Waals surface area contributed by atoms with Crippen molar-refractivity contribution >= 4 is 6.03 Å². The van der Waals surface area contributed by atoms with Crippen LogP contribution in [0.3, 0.4) is 0 Å². The van der Waals surface area contributed by atoms with Crippen LogP contribution in [0.5, 0.6) is 0 Å². The molecule has 0 radical (unpaired) electrons. The van der Waals surface area contributed by atoms with E-state index in [0.717, 1.165) is 25.9 Å². The van der Waals surface area contributed by atoms with E-state index in [1.165, 1.54) is 6.07 Å². The van der Waals surface area contributed by atoms with Crippen LogP contribution in [0.15, 0.2) is 24.3 Å². The smallest absolute Gasteiger partial charge is 0.317 e. The number of nitrogens with one attached hydrogen (secondary N) is 1. The Morgan fingerprint density at radius 3 is 2.42 bits per heavy atom. The van der Waals surface area contributed by atoms with Gasteiger partial charge in [-0.2, -0.15) is 0 Å². The van der Waals surface area contributed by atoms with Crippen molar-refractivity contribution in [2.24, 2.45) is 0 Å². The zero-order valence-electron chi connectivity index (χ0n) is 11.8. The lowest BCUT2D eigenvalue weighted by Crippen LogP contribution is -2.41. The summed E-state index contributed by atoms with van der Waals surface area (Å²) in [7, 11) is 0. The minimum Gasteiger partial charge on any atom is -0.338 e. The first-order valence-electron chi connectivity index (χ1n) is 6.95. The Hall–Kier alpha value is -1.58. The maximum absolute atomic E-state index is 13.4. The van der Waals surface area contributed by atoms with Crippen molar-refractivity contribution in [3.05, 3.63) is 35.6 Å². The average Bonchev–Trinajstić information content (AvgIpc) is 2.40. The molecule has 0 fully saturated rings. The van der Waals surface area contributed by atoms with Crippen LogP contribution in [-0.2, 0) is 6.42 Å². The molecule has 0 aromatic heterocycles. The van der Waals surface area contributed by atoms with Gasteiger partial charge in [-0.3, -0.25) is 0 Å². The lowest BCUT2D eigenvalue weighted by molar-refractivity contribution is 0.198. The fourth-order valence-electron chi connectivity index (χ4n) is 1.97. The Bertz CT molecular complexity index is 389. The van der Waals surface area contributed by atoms with Gasteiger partial charge < -0.3 is 10.2 Å². The summed E-state index contributed by atoms with van der Waals surface area (Å²) in [5, 5.41) is 2.85. The van der Waals surface area contributed by atoms with E-state index in [1.807, 2.05) is 0 Å². The molecule has 2 amide bonds. The molecule has 0 saturated carbocycles. The summed E-state index contributed by atoms with van der Waals surface area (Å²) < 4.78 is 13.4. The van der Waals surface area contributed by atoms with Gasteiger partial charge in [0.05, 0.1) is 0 Å². The van der Waals surface area contributed by atoms with Crippen molar-refractivity contribution in [2.45, 2.75) is 33.1 Å². The van der Waals surface area contributed by atoms with Crippen LogP contribution in [0.25, 0.3) is 0 Å². The first-order chi connectivity index (χ1) is 9.19. The standard InChI is InChI=1S/C15H23FN2O/c1-3-11-18(12-4-2)15(19)17-10-9-13-7-5-6-8-14(13)16/h5-8H,3-4,9-12H2,1-2H3,(H,17,19). The molecule has 0 spiro atoms. The number of hydrogen-bond acceptors (Lipinski definition) is 1. The normalized spacial score (nSPS) is 10.3. The van der Waals surface area contributed by atoms with Gasteiger partial charge in [0.25, 0.3) is 0 Å². The van der Waals surface area contributed by atoms with E-state index in [9.17, 15) is 9.18 Å². The summed E-state index contributed by atoms with van der Waals surface area (Å²) in [6, 6.07) is 6.61. The highest BCUT2D eigenvalue weighted by atomic mass is 19.1. The van der Waals surface area contributed by atoms with Gasteiger partial charge in [0.15, 0.2) is 0 Å². The lowest BCUT2D eigenvalue weighted by atomic mass is 10.1. The number of amides is 2. The average molecular weight is 266 g/mol. The highest BCUT2D eigenvalue weighted by molar-refractivity contribution is 5.74. The predicted molar refractivity (Wildman–Crippen MR) is 75.7 cm³/mol. The number of nitrogens with zero attached hydrogens (tertiary/aromatic N) is 1. The minimum atomic E-state index is -0.212. The van der Waals surface area contributed by atoms with Crippen molar-refractivity contribution in [2.75, 3.05) is 19.6 Å². The van der Waals surface area contributed by atoms with E-state index < -0.39 is 0 Å². The summed E-state index contributed by atoms with van der Waals surface area (Å²) in [6.45, 7) is 6.09. The molecule has 0 aliphatic heterocycles. The van der Waals surface area contributed by atoms with E-state index in [2.05, 4.69) is 19.2 Å². The fourth-order valence-corrected chi connectivity index (χ4v) is 1.97. The number of hydrogen-bond donors (Lipinski definition) is 1. The maximum atomic E-state index is 13.4. The van der Waals surface area contributed by atoms with E-state index in [4.69, 9.17) is 0 Å². The summed E-state index contributed by atoms with van der Waals surface area (Å²) >= 11 is 0. The van der Waals surface area contributed by atoms with Crippen LogP contribution in [0.1, 0.15) is 32.3 Å². The van der Waals surface area contributed by atoms with Gasteiger partial charge in [0.2, 0.25) is 0 Å². The van der Waals surface area contributed by atoms with E-state index in [1.54, 1.807) is 23.1 Å². The number of rotatable bonds is 7. The van der Waals surface area contributed by atoms with E-state index >= 15 is 0 Å². The van der Waals surface area contributed by atoms with Crippen molar-refractivity contribution < 1.29 is 9.18 Å². The van der Waals surface area contributed by atoms with Crippen molar-refractivity contribution in [3.8, 4) is 0 Å². The molecule has 0 aliphatic carbocycles. The lowest BCUT2D eigenvalue weighted by Gasteiger charge is -2.21. The van der Waals surface area contributed by atoms with Gasteiger partial charge in [-0.1, -0.05) is 32.0 Å². The molecule has 3 nitrogen and oxygen atoms in total. The molecule has 4 heteroatoms. The SMILES string of the molecule is CCCN(CCC)C(=O)NCCc1ccccc1F. The summed E-state index contributed by atoms with van der Waals surface area (Å²) in [4.78, 5) is 13.7. The Kier molecular flexibility index (Phi) is 6.93. The molecule has 0 atom stereocenters. The van der Waals surface area contributed by atoms with Crippen LogP contribution in [0, 0.1) is 5.82 Å². The second kappa shape index (κ2) is 8.51. The molecule has 0 saturated heterocycles. The van der Waals surface area contributed by atoms with E-state index in [-0.39, 0.29) is 11.8 Å². The molecule has 1 aromatic carbocycles. The van der Waals surface area contributed by atoms with Crippen molar-refractivity contribution in [1.82, 2.24) is 10.2 Å². The third-order valence-corrected chi connectivity index (χ3v) is 2.90. The first-order valence-corrected chi connectivity index (χ1v) is 6.95. The third kappa shape index (κ3) is 5.28. The molecule has 0 bridgehead atoms. The number of halogens is 1. The molecule has 0 aliphatic rings. The summed E-state index contributed by atoms with van der Waals surface area (Å²) in [5.74, 6) is -0.212. The zero-order chi connectivity index (χ0) is 14.1. The highest BCUT2D eigenvalue weighted by Gasteiger charge is 2.10. The van der Waals surface area contributed by atoms with Gasteiger partial charge in [0.1, 0.15) is 5.82 Å². The van der Waals surface area contributed by atoms with Crippen LogP contribution in [0.2, 0.25) is 0 Å². The Balaban J connectivity index is 2.39. The topological polar surface area (TPSA) is 32.3 Å². The second-order valence-electron chi connectivity index (χ2n) is 4.56. The molecule has 1 aromatic rings. The van der Waals surface area contributed by atoms with Crippen LogP contribution >= 0.6 is 0 Å². The van der Waals surface area contributed by atoms with Crippen LogP contribution < -0.4 is 5.32 Å². The molecular formula is C15H23FN2O. The Labute approximate surface area is 114 Å². The Morgan fingerprint density at radius 2 is 1.84 bits per heavy atom. The predicted octanol–water partition coefficient (Wildman–Crippen LogP) is 3.20. The van der Waals surface area contributed by atoms with Crippen molar-refractivity contribution in [3.63, 3.8) is 0 Å². The maximum Gasteiger partial charge on any atom is 0.317 e. The van der Waals surface area contributed by atoms with Gasteiger partial charge in [0, 0.05) is 19.6 Å². The second-order valence-corrected chi connectivity index (χ2v) is 4.56. The van der Waals surface area contributed by atoms with Gasteiger partial charge >= 0.3 is 6.03 Å². The molecule has 1 N–H and O–H groups in total. The summed E-state index contributed by atoms with van der Waals surface area (Å²) in [5.41, 5.74) is 0.639. The Morgan fingerprint density at radius 1 is 1.21 bits per heavy atom. The van der Waals surface area contributed by atoms with Crippen LogP contribution in [0.4, 0.5) is 9.18 Å². The number of carbonyl (C=O) groups is 1. The van der Waals surface area contributed by atoms with Crippen molar-refractivity contribution in [1.29, 1.82) is 0 Å². The van der Waals surface area contributed by atoms with Gasteiger partial charge in [-0.05, 0) is 30.9 Å². The molecule has 106 valence electrons. The molecule has 0 unspecified atom stereocenters. The minimum absolute atomic E-state index is 0.0555. The third-order valence-electron chi connectivity index (χ3n) is 2.90. The molecule has 1 rings (SSSR count). The monoisotopic (exact) mass is 266 g/mol. The van der Waals surface area contributed by atoms with Gasteiger partial charge in [-0.15, -0.1) is 0 Å². The number of carbonyl (C=O) groups excluding carboxylic acids is 1. The molecule has 0 heterocycles. The molecule has 19 heavy (non-hydrogen) atoms. The quantitative estimate of drug-likeness (QED) is 0.807. The van der Waals surface area contributed by atoms with Crippen LogP contribution in [-0.4, -0.2) is 30.6 Å². The summed E-state index contributed by atoms with van der Waals surface area (Å²) in [6.07, 6.45) is 2.41. The number of urea groups is 1. The molecular weight excluding hydrogens is 243 g/mol. The number of benzene rings is 1.